The van der Waals surface area contributed by atoms with Gasteiger partial charge >= 0.3 is 0 Å². The monoisotopic (exact) mass is 490 g/mol. The van der Waals surface area contributed by atoms with Gasteiger partial charge in [0.15, 0.2) is 15.8 Å². The minimum Gasteiger partial charge on any atom is -0.493 e. The van der Waals surface area contributed by atoms with Crippen molar-refractivity contribution >= 4 is 57.8 Å². The predicted molar refractivity (Wildman–Crippen MR) is 132 cm³/mol. The van der Waals surface area contributed by atoms with Gasteiger partial charge in [-0.1, -0.05) is 49.3 Å². The molecule has 1 fully saturated rings. The van der Waals surface area contributed by atoms with Crippen molar-refractivity contribution < 1.29 is 19.1 Å². The molecule has 0 atom stereocenters. The average molecular weight is 491 g/mol. The Bertz CT molecular complexity index is 1070. The molecular weight excluding hydrogens is 468 g/mol. The molecule has 32 heavy (non-hydrogen) atoms. The number of hydrogen-bond acceptors (Lipinski definition) is 6. The number of amides is 2. The number of carbonyl (C=O) groups is 2. The van der Waals surface area contributed by atoms with Gasteiger partial charge in [-0.25, -0.2) is 0 Å². The van der Waals surface area contributed by atoms with Crippen LogP contribution in [-0.4, -0.2) is 34.9 Å². The Morgan fingerprint density at radius 1 is 1.25 bits per heavy atom. The van der Waals surface area contributed by atoms with Gasteiger partial charge in [-0.3, -0.25) is 15.0 Å². The molecule has 0 radical (unpaired) electrons. The summed E-state index contributed by atoms with van der Waals surface area (Å²) in [6.45, 7) is 4.87. The minimum atomic E-state index is -0.477. The average Bonchev–Trinajstić information content (AvgIpc) is 3.01. The number of hydrogen-bond donors (Lipinski definition) is 1. The predicted octanol–water partition coefficient (Wildman–Crippen LogP) is 5.32. The van der Waals surface area contributed by atoms with Crippen LogP contribution < -0.4 is 14.9 Å². The fourth-order valence-electron chi connectivity index (χ4n) is 2.81. The first-order valence-electron chi connectivity index (χ1n) is 9.94. The van der Waals surface area contributed by atoms with Gasteiger partial charge in [0, 0.05) is 10.6 Å². The highest BCUT2D eigenvalue weighted by Gasteiger charge is 2.33. The van der Waals surface area contributed by atoms with Crippen molar-refractivity contribution in [3.63, 3.8) is 0 Å². The SMILES string of the molecule is COc1cc(/C=C2/SC(=S)N(NC(=O)c3cccc(Cl)c3)C2=O)ccc1OCCC(C)C. The van der Waals surface area contributed by atoms with Crippen LogP contribution in [0.1, 0.15) is 36.2 Å². The van der Waals surface area contributed by atoms with E-state index < -0.39 is 11.8 Å². The normalized spacial score (nSPS) is 14.9. The van der Waals surface area contributed by atoms with E-state index in [2.05, 4.69) is 19.3 Å². The lowest BCUT2D eigenvalue weighted by Crippen LogP contribution is -2.44. The van der Waals surface area contributed by atoms with E-state index in [1.807, 2.05) is 12.1 Å². The standard InChI is InChI=1S/C23H23ClN2O4S2/c1-14(2)9-10-30-18-8-7-15(11-19(18)29-3)12-20-22(28)26(23(31)32-20)25-21(27)16-5-4-6-17(24)13-16/h4-8,11-14H,9-10H2,1-3H3,(H,25,27)/b20-12+. The highest BCUT2D eigenvalue weighted by molar-refractivity contribution is 8.26. The van der Waals surface area contributed by atoms with E-state index in [0.717, 1.165) is 28.8 Å². The van der Waals surface area contributed by atoms with Crippen LogP contribution in [0.25, 0.3) is 6.08 Å². The second-order valence-electron chi connectivity index (χ2n) is 7.41. The molecule has 1 aliphatic heterocycles. The third kappa shape index (κ3) is 6.03. The molecule has 0 spiro atoms. The number of nitrogens with one attached hydrogen (secondary N) is 1. The number of methoxy groups -OCH3 is 1. The van der Waals surface area contributed by atoms with Crippen LogP contribution in [0.2, 0.25) is 5.02 Å². The second kappa shape index (κ2) is 10.8. The largest absolute Gasteiger partial charge is 0.493 e. The zero-order valence-corrected chi connectivity index (χ0v) is 20.3. The smallest absolute Gasteiger partial charge is 0.285 e. The van der Waals surface area contributed by atoms with Crippen LogP contribution >= 0.6 is 35.6 Å². The molecule has 2 aromatic carbocycles. The quantitative estimate of drug-likeness (QED) is 0.399. The number of rotatable bonds is 8. The molecule has 6 nitrogen and oxygen atoms in total. The Labute approximate surface area is 201 Å². The number of nitrogens with zero attached hydrogens (tertiary/aromatic N) is 1. The van der Waals surface area contributed by atoms with Crippen molar-refractivity contribution in [1.29, 1.82) is 0 Å². The molecule has 1 saturated heterocycles. The van der Waals surface area contributed by atoms with Crippen molar-refractivity contribution in [2.45, 2.75) is 20.3 Å². The molecule has 0 bridgehead atoms. The molecule has 9 heteroatoms. The maximum absolute atomic E-state index is 12.8. The van der Waals surface area contributed by atoms with Gasteiger partial charge in [0.2, 0.25) is 0 Å². The molecule has 1 N–H and O–H groups in total. The van der Waals surface area contributed by atoms with Gasteiger partial charge < -0.3 is 9.47 Å². The molecule has 0 unspecified atom stereocenters. The van der Waals surface area contributed by atoms with Crippen molar-refractivity contribution in [2.24, 2.45) is 5.92 Å². The Hall–Kier alpha value is -2.55. The lowest BCUT2D eigenvalue weighted by molar-refractivity contribution is -0.123. The first kappa shape index (κ1) is 24.1. The Kier molecular flexibility index (Phi) is 8.17. The molecule has 0 saturated carbocycles. The van der Waals surface area contributed by atoms with Crippen LogP contribution in [0.15, 0.2) is 47.4 Å². The summed E-state index contributed by atoms with van der Waals surface area (Å²) in [5, 5.41) is 1.49. The number of thiocarbonyl (C=S) groups is 1. The summed E-state index contributed by atoms with van der Waals surface area (Å²) in [6.07, 6.45) is 2.64. The fourth-order valence-corrected chi connectivity index (χ4v) is 4.18. The van der Waals surface area contributed by atoms with Gasteiger partial charge in [-0.15, -0.1) is 0 Å². The molecule has 168 valence electrons. The number of ether oxygens (including phenoxy) is 2. The van der Waals surface area contributed by atoms with E-state index in [9.17, 15) is 9.59 Å². The maximum atomic E-state index is 12.8. The van der Waals surface area contributed by atoms with Gasteiger partial charge in [0.25, 0.3) is 11.8 Å². The summed E-state index contributed by atoms with van der Waals surface area (Å²) in [7, 11) is 1.57. The first-order valence-corrected chi connectivity index (χ1v) is 11.5. The number of benzene rings is 2. The van der Waals surface area contributed by atoms with Crippen LogP contribution in [0.3, 0.4) is 0 Å². The first-order chi connectivity index (χ1) is 15.3. The summed E-state index contributed by atoms with van der Waals surface area (Å²) < 4.78 is 11.5. The van der Waals surface area contributed by atoms with Gasteiger partial charge in [0.1, 0.15) is 0 Å². The minimum absolute atomic E-state index is 0.234. The third-order valence-corrected chi connectivity index (χ3v) is 6.07. The second-order valence-corrected chi connectivity index (χ2v) is 9.52. The summed E-state index contributed by atoms with van der Waals surface area (Å²) in [5.41, 5.74) is 3.62. The zero-order valence-electron chi connectivity index (χ0n) is 17.9. The molecule has 1 heterocycles. The Morgan fingerprint density at radius 2 is 2.03 bits per heavy atom. The van der Waals surface area contributed by atoms with Crippen molar-refractivity contribution in [1.82, 2.24) is 10.4 Å². The highest BCUT2D eigenvalue weighted by Crippen LogP contribution is 2.34. The molecule has 3 rings (SSSR count). The molecular formula is C23H23ClN2O4S2. The molecule has 2 amide bonds. The van der Waals surface area contributed by atoms with Crippen LogP contribution in [0.4, 0.5) is 0 Å². The van der Waals surface area contributed by atoms with E-state index in [-0.39, 0.29) is 4.32 Å². The number of hydrazine groups is 1. The molecule has 2 aromatic rings. The van der Waals surface area contributed by atoms with E-state index in [4.69, 9.17) is 33.3 Å². The summed E-state index contributed by atoms with van der Waals surface area (Å²) in [4.78, 5) is 25.7. The lowest BCUT2D eigenvalue weighted by atomic mass is 10.1. The van der Waals surface area contributed by atoms with Gasteiger partial charge in [0.05, 0.1) is 18.6 Å². The Morgan fingerprint density at radius 3 is 2.72 bits per heavy atom. The van der Waals surface area contributed by atoms with Gasteiger partial charge in [-0.05, 0) is 66.5 Å². The topological polar surface area (TPSA) is 67.9 Å². The Balaban J connectivity index is 1.73. The molecule has 0 aromatic heterocycles. The van der Waals surface area contributed by atoms with Crippen molar-refractivity contribution in [3.8, 4) is 11.5 Å². The maximum Gasteiger partial charge on any atom is 0.285 e. The van der Waals surface area contributed by atoms with Crippen molar-refractivity contribution in [3.05, 3.63) is 63.5 Å². The van der Waals surface area contributed by atoms with E-state index >= 15 is 0 Å². The zero-order chi connectivity index (χ0) is 23.3. The summed E-state index contributed by atoms with van der Waals surface area (Å²) >= 11 is 12.3. The van der Waals surface area contributed by atoms with Gasteiger partial charge in [-0.2, -0.15) is 5.01 Å². The van der Waals surface area contributed by atoms with E-state index in [0.29, 0.717) is 39.5 Å². The van der Waals surface area contributed by atoms with Crippen molar-refractivity contribution in [2.75, 3.05) is 13.7 Å². The summed E-state index contributed by atoms with van der Waals surface area (Å²) in [6, 6.07) is 11.9. The van der Waals surface area contributed by atoms with Crippen LogP contribution in [0.5, 0.6) is 11.5 Å². The lowest BCUT2D eigenvalue weighted by Gasteiger charge is -2.15. The highest BCUT2D eigenvalue weighted by atomic mass is 35.5. The number of carbonyl (C=O) groups excluding carboxylic acids is 2. The fraction of sp³-hybridized carbons (Fsp3) is 0.261. The van der Waals surface area contributed by atoms with E-state index in [1.54, 1.807) is 37.5 Å². The molecule has 0 aliphatic carbocycles. The summed E-state index contributed by atoms with van der Waals surface area (Å²) in [5.74, 6) is 0.877. The third-order valence-electron chi connectivity index (χ3n) is 4.53. The molecule has 1 aliphatic rings. The number of thioether (sulfide) groups is 1. The number of halogens is 1. The van der Waals surface area contributed by atoms with Crippen LogP contribution in [-0.2, 0) is 4.79 Å². The van der Waals surface area contributed by atoms with Crippen LogP contribution in [0, 0.1) is 5.92 Å². The van der Waals surface area contributed by atoms with E-state index in [1.165, 1.54) is 6.07 Å².